The summed E-state index contributed by atoms with van der Waals surface area (Å²) in [6.07, 6.45) is 2.15. The Bertz CT molecular complexity index is 297. The first-order chi connectivity index (χ1) is 8.25. The molecule has 3 nitrogen and oxygen atoms in total. The van der Waals surface area contributed by atoms with E-state index in [1.807, 2.05) is 4.90 Å². The maximum absolute atomic E-state index is 13.5. The molecule has 106 valence electrons. The van der Waals surface area contributed by atoms with E-state index in [4.69, 9.17) is 5.41 Å². The van der Waals surface area contributed by atoms with Gasteiger partial charge < -0.3 is 10.0 Å². The van der Waals surface area contributed by atoms with E-state index in [0.29, 0.717) is 37.3 Å². The summed E-state index contributed by atoms with van der Waals surface area (Å²) in [5.74, 6) is 0.471. The summed E-state index contributed by atoms with van der Waals surface area (Å²) in [5.41, 5.74) is -0.527. The Morgan fingerprint density at radius 3 is 2.00 bits per heavy atom. The molecule has 0 bridgehead atoms. The third-order valence-corrected chi connectivity index (χ3v) is 3.02. The number of alkyl halides is 1. The summed E-state index contributed by atoms with van der Waals surface area (Å²) < 4.78 is 13.5. The predicted octanol–water partition coefficient (Wildman–Crippen LogP) is 4.06. The molecule has 4 heteroatoms. The second-order valence-corrected chi connectivity index (χ2v) is 5.17. The average Bonchev–Trinajstić information content (AvgIpc) is 2.28. The van der Waals surface area contributed by atoms with Gasteiger partial charge in [-0.1, -0.05) is 20.3 Å². The molecule has 0 aliphatic carbocycles. The number of aliphatic hydroxyl groups excluding tert-OH is 1. The minimum Gasteiger partial charge on any atom is -0.512 e. The number of piperidine rings is 1. The summed E-state index contributed by atoms with van der Waals surface area (Å²) in [4.78, 5) is 1.82. The molecule has 1 aliphatic heterocycles. The quantitative estimate of drug-likeness (QED) is 0.423. The lowest BCUT2D eigenvalue weighted by molar-refractivity contribution is 0.104. The molecule has 0 amide bonds. The number of allylic oxidation sites excluding steroid dienone is 1. The van der Waals surface area contributed by atoms with Gasteiger partial charge in [0.15, 0.2) is 0 Å². The van der Waals surface area contributed by atoms with Crippen molar-refractivity contribution >= 4 is 5.84 Å². The molecule has 1 aliphatic rings. The average molecular weight is 258 g/mol. The number of aliphatic hydroxyl groups is 1. The number of nitrogens with zero attached hydrogens (tertiary/aromatic N) is 1. The van der Waals surface area contributed by atoms with Crippen LogP contribution < -0.4 is 0 Å². The van der Waals surface area contributed by atoms with E-state index in [2.05, 4.69) is 13.8 Å². The molecule has 0 saturated carbocycles. The Hall–Kier alpha value is -1.06. The van der Waals surface area contributed by atoms with E-state index in [9.17, 15) is 9.50 Å². The fraction of sp³-hybridized carbons (Fsp3) is 0.786. The van der Waals surface area contributed by atoms with Crippen LogP contribution in [0.5, 0.6) is 0 Å². The van der Waals surface area contributed by atoms with E-state index in [-0.39, 0.29) is 5.76 Å². The molecule has 0 unspecified atom stereocenters. The summed E-state index contributed by atoms with van der Waals surface area (Å²) in [6.45, 7) is 10.2. The molecular weight excluding hydrogens is 231 g/mol. The van der Waals surface area contributed by atoms with Crippen molar-refractivity contribution in [2.45, 2.75) is 59.5 Å². The van der Waals surface area contributed by atoms with E-state index in [1.54, 1.807) is 20.8 Å². The highest BCUT2D eigenvalue weighted by Crippen LogP contribution is 2.26. The van der Waals surface area contributed by atoms with Crippen LogP contribution in [0.25, 0.3) is 0 Å². The molecule has 0 spiro atoms. The minimum atomic E-state index is -1.09. The van der Waals surface area contributed by atoms with Gasteiger partial charge in [0.1, 0.15) is 11.5 Å². The van der Waals surface area contributed by atoms with Crippen molar-refractivity contribution in [1.29, 1.82) is 5.41 Å². The van der Waals surface area contributed by atoms with Gasteiger partial charge in [0, 0.05) is 18.7 Å². The monoisotopic (exact) mass is 258 g/mol. The van der Waals surface area contributed by atoms with Crippen LogP contribution in [-0.2, 0) is 0 Å². The lowest BCUT2D eigenvalue weighted by Gasteiger charge is -2.35. The van der Waals surface area contributed by atoms with Gasteiger partial charge in [0.25, 0.3) is 0 Å². The topological polar surface area (TPSA) is 47.3 Å². The highest BCUT2D eigenvalue weighted by Gasteiger charge is 2.30. The van der Waals surface area contributed by atoms with Gasteiger partial charge in [-0.3, -0.25) is 5.41 Å². The first-order valence-corrected chi connectivity index (χ1v) is 6.64. The Kier molecular flexibility index (Phi) is 6.96. The van der Waals surface area contributed by atoms with Crippen molar-refractivity contribution in [2.75, 3.05) is 13.1 Å². The van der Waals surface area contributed by atoms with Crippen molar-refractivity contribution in [2.24, 2.45) is 0 Å². The van der Waals surface area contributed by atoms with Crippen LogP contribution in [0.2, 0.25) is 0 Å². The van der Waals surface area contributed by atoms with E-state index in [0.717, 1.165) is 0 Å². The number of nitrogens with one attached hydrogen (secondary N) is 1. The number of hydrogen-bond acceptors (Lipinski definition) is 2. The largest absolute Gasteiger partial charge is 0.512 e. The molecule has 1 rings (SSSR count). The zero-order valence-corrected chi connectivity index (χ0v) is 12.3. The SMILES string of the molecule is C/C(O)=C(/C)C(=N)N1CCC(C)(F)CC1.CCC. The number of likely N-dealkylation sites (tertiary alicyclic amines) is 1. The molecule has 0 aromatic heterocycles. The van der Waals surface area contributed by atoms with Gasteiger partial charge >= 0.3 is 0 Å². The smallest absolute Gasteiger partial charge is 0.126 e. The Morgan fingerprint density at radius 2 is 1.67 bits per heavy atom. The first-order valence-electron chi connectivity index (χ1n) is 6.64. The first kappa shape index (κ1) is 16.9. The van der Waals surface area contributed by atoms with Crippen LogP contribution >= 0.6 is 0 Å². The Balaban J connectivity index is 0.000000873. The van der Waals surface area contributed by atoms with E-state index < -0.39 is 5.67 Å². The number of rotatable bonds is 1. The van der Waals surface area contributed by atoms with Gasteiger partial charge in [-0.2, -0.15) is 0 Å². The van der Waals surface area contributed by atoms with Crippen LogP contribution in [0.3, 0.4) is 0 Å². The van der Waals surface area contributed by atoms with Crippen LogP contribution in [0.1, 0.15) is 53.9 Å². The van der Waals surface area contributed by atoms with Gasteiger partial charge in [-0.15, -0.1) is 0 Å². The molecule has 0 aromatic rings. The number of hydrogen-bond donors (Lipinski definition) is 2. The summed E-state index contributed by atoms with van der Waals surface area (Å²) in [5, 5.41) is 17.1. The van der Waals surface area contributed by atoms with Gasteiger partial charge in [0.2, 0.25) is 0 Å². The highest BCUT2D eigenvalue weighted by molar-refractivity contribution is 5.95. The third kappa shape index (κ3) is 5.52. The zero-order chi connectivity index (χ0) is 14.3. The Morgan fingerprint density at radius 1 is 1.28 bits per heavy atom. The standard InChI is InChI=1S/C11H19FN2O.C3H8/c1-8(9(2)15)10(13)14-6-4-11(3,12)5-7-14;1-3-2/h13,15H,4-7H2,1-3H3;3H2,1-2H3/b9-8+,13-10?;. The van der Waals surface area contributed by atoms with Crippen LogP contribution in [-0.4, -0.2) is 34.6 Å². The number of halogens is 1. The van der Waals surface area contributed by atoms with Gasteiger partial charge in [-0.25, -0.2) is 4.39 Å². The van der Waals surface area contributed by atoms with Crippen molar-refractivity contribution < 1.29 is 9.50 Å². The maximum Gasteiger partial charge on any atom is 0.126 e. The minimum absolute atomic E-state index is 0.161. The lowest BCUT2D eigenvalue weighted by Crippen LogP contribution is -2.43. The molecule has 1 fully saturated rings. The Labute approximate surface area is 110 Å². The molecule has 0 atom stereocenters. The second kappa shape index (κ2) is 7.39. The summed E-state index contributed by atoms with van der Waals surface area (Å²) in [6, 6.07) is 0. The third-order valence-electron chi connectivity index (χ3n) is 3.02. The molecule has 18 heavy (non-hydrogen) atoms. The van der Waals surface area contributed by atoms with Crippen molar-refractivity contribution in [1.82, 2.24) is 4.90 Å². The fourth-order valence-corrected chi connectivity index (χ4v) is 1.61. The maximum atomic E-state index is 13.5. The zero-order valence-electron chi connectivity index (χ0n) is 12.3. The van der Waals surface area contributed by atoms with Crippen LogP contribution in [0.4, 0.5) is 4.39 Å². The lowest BCUT2D eigenvalue weighted by atomic mass is 9.95. The van der Waals surface area contributed by atoms with Crippen molar-refractivity contribution in [3.8, 4) is 0 Å². The molecular formula is C14H27FN2O. The normalized spacial score (nSPS) is 19.6. The molecule has 2 N–H and O–H groups in total. The molecule has 1 saturated heterocycles. The second-order valence-electron chi connectivity index (χ2n) is 5.17. The van der Waals surface area contributed by atoms with Gasteiger partial charge in [0.05, 0.1) is 5.76 Å². The van der Waals surface area contributed by atoms with E-state index in [1.165, 1.54) is 6.42 Å². The predicted molar refractivity (Wildman–Crippen MR) is 75.0 cm³/mol. The van der Waals surface area contributed by atoms with Gasteiger partial charge in [-0.05, 0) is 33.6 Å². The highest BCUT2D eigenvalue weighted by atomic mass is 19.1. The van der Waals surface area contributed by atoms with Crippen molar-refractivity contribution in [3.63, 3.8) is 0 Å². The fourth-order valence-electron chi connectivity index (χ4n) is 1.61. The number of amidine groups is 1. The van der Waals surface area contributed by atoms with Crippen molar-refractivity contribution in [3.05, 3.63) is 11.3 Å². The molecule has 0 radical (unpaired) electrons. The molecule has 1 heterocycles. The summed E-state index contributed by atoms with van der Waals surface area (Å²) in [7, 11) is 0. The summed E-state index contributed by atoms with van der Waals surface area (Å²) >= 11 is 0. The molecule has 0 aromatic carbocycles. The van der Waals surface area contributed by atoms with Crippen LogP contribution in [0, 0.1) is 5.41 Å². The van der Waals surface area contributed by atoms with E-state index >= 15 is 0 Å². The van der Waals surface area contributed by atoms with Crippen LogP contribution in [0.15, 0.2) is 11.3 Å².